The Labute approximate surface area is 104 Å². The molecule has 0 aliphatic rings. The second-order valence-corrected chi connectivity index (χ2v) is 4.36. The van der Waals surface area contributed by atoms with Gasteiger partial charge in [0.1, 0.15) is 5.75 Å². The van der Waals surface area contributed by atoms with Crippen LogP contribution in [0.15, 0.2) is 24.3 Å². The summed E-state index contributed by atoms with van der Waals surface area (Å²) in [5, 5.41) is 0.0576. The molecule has 1 aromatic rings. The topological polar surface area (TPSA) is 9.23 Å². The van der Waals surface area contributed by atoms with Crippen molar-refractivity contribution >= 4 is 11.6 Å². The first-order valence-electron chi connectivity index (χ1n) is 5.39. The molecule has 17 heavy (non-hydrogen) atoms. The van der Waals surface area contributed by atoms with Crippen molar-refractivity contribution in [3.05, 3.63) is 29.8 Å². The van der Waals surface area contributed by atoms with Gasteiger partial charge in [0.05, 0.1) is 0 Å². The van der Waals surface area contributed by atoms with Gasteiger partial charge in [0, 0.05) is 5.38 Å². The highest BCUT2D eigenvalue weighted by Crippen LogP contribution is 2.24. The average Bonchev–Trinajstić information content (AvgIpc) is 2.24. The number of aryl methyl sites for hydroxylation is 1. The molecular weight excluding hydrogens is 253 g/mol. The zero-order chi connectivity index (χ0) is 12.9. The minimum atomic E-state index is -4.64. The molecule has 0 amide bonds. The molecule has 96 valence electrons. The number of hydrogen-bond acceptors (Lipinski definition) is 1. The summed E-state index contributed by atoms with van der Waals surface area (Å²) in [5.74, 6) is -0.183. The Kier molecular flexibility index (Phi) is 5.12. The first kappa shape index (κ1) is 14.2. The van der Waals surface area contributed by atoms with E-state index in [1.165, 1.54) is 12.1 Å². The van der Waals surface area contributed by atoms with E-state index < -0.39 is 6.36 Å². The molecule has 0 saturated carbocycles. The minimum absolute atomic E-state index is 0.0576. The smallest absolute Gasteiger partial charge is 0.406 e. The fourth-order valence-corrected chi connectivity index (χ4v) is 1.53. The molecular formula is C12H14ClF3O. The second-order valence-electron chi connectivity index (χ2n) is 3.74. The molecule has 0 N–H and O–H groups in total. The normalized spacial score (nSPS) is 13.5. The lowest BCUT2D eigenvalue weighted by Gasteiger charge is -2.10. The van der Waals surface area contributed by atoms with Crippen LogP contribution < -0.4 is 4.74 Å². The molecule has 0 bridgehead atoms. The van der Waals surface area contributed by atoms with Crippen molar-refractivity contribution in [2.75, 3.05) is 0 Å². The van der Waals surface area contributed by atoms with Gasteiger partial charge in [-0.05, 0) is 37.0 Å². The predicted octanol–water partition coefficient (Wildman–Crippen LogP) is 4.54. The highest BCUT2D eigenvalue weighted by Gasteiger charge is 2.31. The predicted molar refractivity (Wildman–Crippen MR) is 61.4 cm³/mol. The van der Waals surface area contributed by atoms with Crippen LogP contribution in [0, 0.1) is 0 Å². The third-order valence-electron chi connectivity index (χ3n) is 2.32. The summed E-state index contributed by atoms with van der Waals surface area (Å²) >= 11 is 5.95. The lowest BCUT2D eigenvalue weighted by molar-refractivity contribution is -0.274. The summed E-state index contributed by atoms with van der Waals surface area (Å²) in [7, 11) is 0. The summed E-state index contributed by atoms with van der Waals surface area (Å²) in [6.07, 6.45) is -2.40. The summed E-state index contributed by atoms with van der Waals surface area (Å²) in [6, 6.07) is 6.00. The molecule has 5 heteroatoms. The molecule has 1 atom stereocenters. The van der Waals surface area contributed by atoms with Crippen LogP contribution in [0.1, 0.15) is 25.3 Å². The Morgan fingerprint density at radius 3 is 2.65 bits per heavy atom. The quantitative estimate of drug-likeness (QED) is 0.711. The number of hydrogen-bond donors (Lipinski definition) is 0. The fraction of sp³-hybridized carbons (Fsp3) is 0.500. The second kappa shape index (κ2) is 6.15. The maximum absolute atomic E-state index is 12.0. The molecule has 0 spiro atoms. The number of alkyl halides is 4. The maximum atomic E-state index is 12.0. The molecule has 0 aliphatic carbocycles. The highest BCUT2D eigenvalue weighted by atomic mass is 35.5. The van der Waals surface area contributed by atoms with Crippen LogP contribution >= 0.6 is 11.6 Å². The van der Waals surface area contributed by atoms with Crippen LogP contribution in [0.3, 0.4) is 0 Å². The summed E-state index contributed by atoms with van der Waals surface area (Å²) in [6.45, 7) is 1.97. The van der Waals surface area contributed by atoms with Gasteiger partial charge in [-0.15, -0.1) is 24.8 Å². The van der Waals surface area contributed by atoms with Gasteiger partial charge in [-0.1, -0.05) is 19.1 Å². The number of rotatable bonds is 5. The van der Waals surface area contributed by atoms with Crippen LogP contribution in [0.5, 0.6) is 5.75 Å². The Morgan fingerprint density at radius 2 is 2.06 bits per heavy atom. The molecule has 1 unspecified atom stereocenters. The van der Waals surface area contributed by atoms with Crippen molar-refractivity contribution in [1.29, 1.82) is 0 Å². The molecule has 1 aromatic carbocycles. The Morgan fingerprint density at radius 1 is 1.35 bits per heavy atom. The van der Waals surface area contributed by atoms with E-state index in [1.807, 2.05) is 6.92 Å². The van der Waals surface area contributed by atoms with Gasteiger partial charge < -0.3 is 4.74 Å². The van der Waals surface area contributed by atoms with E-state index in [-0.39, 0.29) is 11.1 Å². The molecule has 0 fully saturated rings. The zero-order valence-electron chi connectivity index (χ0n) is 9.43. The van der Waals surface area contributed by atoms with E-state index in [1.54, 1.807) is 12.1 Å². The number of ether oxygens (including phenoxy) is 1. The van der Waals surface area contributed by atoms with Gasteiger partial charge in [0.25, 0.3) is 0 Å². The third kappa shape index (κ3) is 5.82. The van der Waals surface area contributed by atoms with Crippen molar-refractivity contribution in [3.8, 4) is 5.75 Å². The van der Waals surface area contributed by atoms with Crippen molar-refractivity contribution in [1.82, 2.24) is 0 Å². The van der Waals surface area contributed by atoms with E-state index in [9.17, 15) is 13.2 Å². The van der Waals surface area contributed by atoms with E-state index >= 15 is 0 Å². The van der Waals surface area contributed by atoms with Crippen LogP contribution in [0.2, 0.25) is 0 Å². The van der Waals surface area contributed by atoms with Crippen molar-refractivity contribution in [2.24, 2.45) is 0 Å². The van der Waals surface area contributed by atoms with Gasteiger partial charge >= 0.3 is 6.36 Å². The fourth-order valence-electron chi connectivity index (χ4n) is 1.43. The van der Waals surface area contributed by atoms with Gasteiger partial charge in [-0.3, -0.25) is 0 Å². The zero-order valence-corrected chi connectivity index (χ0v) is 10.2. The first-order chi connectivity index (χ1) is 7.90. The summed E-state index contributed by atoms with van der Waals surface area (Å²) in [4.78, 5) is 0. The number of benzene rings is 1. The summed E-state index contributed by atoms with van der Waals surface area (Å²) < 4.78 is 39.8. The molecule has 0 radical (unpaired) electrons. The molecule has 0 saturated heterocycles. The summed E-state index contributed by atoms with van der Waals surface area (Å²) in [5.41, 5.74) is 0.797. The monoisotopic (exact) mass is 266 g/mol. The standard InChI is InChI=1S/C12H14ClF3O/c1-2-10(13)7-6-9-4-3-5-11(8-9)17-12(14,15)16/h3-5,8,10H,2,6-7H2,1H3. The Balaban J connectivity index is 2.60. The van der Waals surface area contributed by atoms with Gasteiger partial charge in [-0.2, -0.15) is 0 Å². The van der Waals surface area contributed by atoms with Gasteiger partial charge in [0.15, 0.2) is 0 Å². The third-order valence-corrected chi connectivity index (χ3v) is 2.85. The van der Waals surface area contributed by atoms with Crippen LogP contribution in [0.25, 0.3) is 0 Å². The molecule has 0 aromatic heterocycles. The van der Waals surface area contributed by atoms with Crippen molar-refractivity contribution < 1.29 is 17.9 Å². The highest BCUT2D eigenvalue weighted by molar-refractivity contribution is 6.20. The first-order valence-corrected chi connectivity index (χ1v) is 5.83. The largest absolute Gasteiger partial charge is 0.573 e. The Bertz CT molecular complexity index is 352. The SMILES string of the molecule is CCC(Cl)CCc1cccc(OC(F)(F)F)c1. The molecule has 0 heterocycles. The van der Waals surface area contributed by atoms with E-state index in [0.717, 1.165) is 18.4 Å². The van der Waals surface area contributed by atoms with E-state index in [4.69, 9.17) is 11.6 Å². The average molecular weight is 267 g/mol. The van der Waals surface area contributed by atoms with E-state index in [0.29, 0.717) is 6.42 Å². The van der Waals surface area contributed by atoms with Crippen LogP contribution in [-0.4, -0.2) is 11.7 Å². The van der Waals surface area contributed by atoms with Gasteiger partial charge in [0.2, 0.25) is 0 Å². The molecule has 1 rings (SSSR count). The Hall–Kier alpha value is -0.900. The van der Waals surface area contributed by atoms with Crippen LogP contribution in [0.4, 0.5) is 13.2 Å². The lowest BCUT2D eigenvalue weighted by atomic mass is 10.1. The van der Waals surface area contributed by atoms with Crippen molar-refractivity contribution in [2.45, 2.75) is 37.9 Å². The van der Waals surface area contributed by atoms with Gasteiger partial charge in [-0.25, -0.2) is 0 Å². The number of halogens is 4. The van der Waals surface area contributed by atoms with Crippen LogP contribution in [-0.2, 0) is 6.42 Å². The minimum Gasteiger partial charge on any atom is -0.406 e. The molecule has 0 aliphatic heterocycles. The van der Waals surface area contributed by atoms with E-state index in [2.05, 4.69) is 4.74 Å². The lowest BCUT2D eigenvalue weighted by Crippen LogP contribution is -2.17. The maximum Gasteiger partial charge on any atom is 0.573 e. The van der Waals surface area contributed by atoms with Crippen molar-refractivity contribution in [3.63, 3.8) is 0 Å². The molecule has 1 nitrogen and oxygen atoms in total.